The van der Waals surface area contributed by atoms with Gasteiger partial charge in [-0.25, -0.2) is 19.4 Å². The highest BCUT2D eigenvalue weighted by molar-refractivity contribution is 5.90. The normalized spacial score (nSPS) is 20.1. The number of esters is 1. The Bertz CT molecular complexity index is 816. The Balaban J connectivity index is 1.82. The monoisotopic (exact) mass is 339 g/mol. The summed E-state index contributed by atoms with van der Waals surface area (Å²) in [6.07, 6.45) is 4.75. The average Bonchev–Trinajstić information content (AvgIpc) is 2.96. The summed E-state index contributed by atoms with van der Waals surface area (Å²) in [6.45, 7) is 5.52. The topological polar surface area (TPSA) is 93.7 Å². The molecule has 1 fully saturated rings. The third kappa shape index (κ3) is 3.68. The van der Waals surface area contributed by atoms with Crippen molar-refractivity contribution in [2.45, 2.75) is 52.6 Å². The summed E-state index contributed by atoms with van der Waals surface area (Å²) in [6, 6.07) is 4.13. The Hall–Kier alpha value is -2.75. The molecule has 3 rings (SSSR count). The van der Waals surface area contributed by atoms with Crippen molar-refractivity contribution < 1.29 is 9.53 Å². The molecule has 25 heavy (non-hydrogen) atoms. The Morgan fingerprint density at radius 2 is 1.92 bits per heavy atom. The smallest absolute Gasteiger partial charge is 0.341 e. The summed E-state index contributed by atoms with van der Waals surface area (Å²) in [4.78, 5) is 21.3. The molecule has 2 aromatic heterocycles. The van der Waals surface area contributed by atoms with E-state index in [1.807, 2.05) is 19.9 Å². The van der Waals surface area contributed by atoms with Crippen LogP contribution in [0.4, 0.5) is 0 Å². The van der Waals surface area contributed by atoms with E-state index < -0.39 is 5.97 Å². The second-order valence-electron chi connectivity index (χ2n) is 6.49. The minimum absolute atomic E-state index is 0.226. The Morgan fingerprint density at radius 1 is 1.24 bits per heavy atom. The van der Waals surface area contributed by atoms with E-state index in [0.29, 0.717) is 17.2 Å². The predicted molar refractivity (Wildman–Crippen MR) is 90.1 cm³/mol. The molecule has 0 aliphatic heterocycles. The first kappa shape index (κ1) is 17.1. The number of aromatic nitrogens is 4. The number of nitrogens with zero attached hydrogens (tertiary/aromatic N) is 5. The third-order valence-corrected chi connectivity index (χ3v) is 4.42. The molecule has 0 spiro atoms. The highest BCUT2D eigenvalue weighted by atomic mass is 16.5. The van der Waals surface area contributed by atoms with E-state index in [4.69, 9.17) is 4.74 Å². The van der Waals surface area contributed by atoms with Gasteiger partial charge in [0.15, 0.2) is 0 Å². The Kier molecular flexibility index (Phi) is 4.79. The summed E-state index contributed by atoms with van der Waals surface area (Å²) in [5, 5.41) is 13.6. The van der Waals surface area contributed by atoms with Crippen molar-refractivity contribution in [3.8, 4) is 12.0 Å². The fourth-order valence-corrected chi connectivity index (χ4v) is 3.16. The van der Waals surface area contributed by atoms with Crippen LogP contribution in [0.1, 0.15) is 53.1 Å². The third-order valence-electron chi connectivity index (χ3n) is 4.42. The van der Waals surface area contributed by atoms with Gasteiger partial charge in [0.1, 0.15) is 11.7 Å². The van der Waals surface area contributed by atoms with Crippen LogP contribution in [0.5, 0.6) is 0 Å². The predicted octanol–water partition coefficient (Wildman–Crippen LogP) is 2.83. The van der Waals surface area contributed by atoms with Crippen molar-refractivity contribution in [3.63, 3.8) is 0 Å². The number of hydrogen-bond acceptors (Lipinski definition) is 6. The van der Waals surface area contributed by atoms with Crippen LogP contribution in [-0.4, -0.2) is 31.8 Å². The van der Waals surface area contributed by atoms with Crippen LogP contribution in [0.15, 0.2) is 12.3 Å². The Morgan fingerprint density at radius 3 is 2.60 bits per heavy atom. The number of carbonyl (C=O) groups is 1. The quantitative estimate of drug-likeness (QED) is 0.798. The number of nitriles is 1. The molecule has 1 saturated carbocycles. The highest BCUT2D eigenvalue weighted by Gasteiger charge is 2.29. The molecular formula is C18H21N5O2. The molecule has 2 heterocycles. The van der Waals surface area contributed by atoms with Gasteiger partial charge in [-0.2, -0.15) is 10.4 Å². The van der Waals surface area contributed by atoms with Crippen LogP contribution < -0.4 is 0 Å². The average molecular weight is 339 g/mol. The van der Waals surface area contributed by atoms with Crippen LogP contribution in [0.2, 0.25) is 0 Å². The van der Waals surface area contributed by atoms with Gasteiger partial charge < -0.3 is 4.74 Å². The maximum atomic E-state index is 12.5. The van der Waals surface area contributed by atoms with Gasteiger partial charge in [0.05, 0.1) is 17.7 Å². The largest absolute Gasteiger partial charge is 0.457 e. The van der Waals surface area contributed by atoms with E-state index in [1.54, 1.807) is 13.1 Å². The first-order valence-corrected chi connectivity index (χ1v) is 8.47. The molecule has 0 bridgehead atoms. The van der Waals surface area contributed by atoms with Crippen LogP contribution in [0.3, 0.4) is 0 Å². The SMILES string of the molecule is Cc1cc(C)nc(-n2cc(C(=O)O[C@H]3CCCC[C@H]3C#N)c(C)n2)n1. The van der Waals surface area contributed by atoms with E-state index >= 15 is 0 Å². The van der Waals surface area contributed by atoms with E-state index in [1.165, 1.54) is 4.68 Å². The first-order chi connectivity index (χ1) is 12.0. The van der Waals surface area contributed by atoms with E-state index in [-0.39, 0.29) is 12.0 Å². The molecule has 7 heteroatoms. The number of ether oxygens (including phenoxy) is 1. The minimum Gasteiger partial charge on any atom is -0.457 e. The second kappa shape index (κ2) is 7.01. The molecule has 0 N–H and O–H groups in total. The molecule has 2 aromatic rings. The fourth-order valence-electron chi connectivity index (χ4n) is 3.16. The molecule has 1 aliphatic rings. The van der Waals surface area contributed by atoms with E-state index in [9.17, 15) is 10.1 Å². The maximum Gasteiger partial charge on any atom is 0.341 e. The van der Waals surface area contributed by atoms with Crippen LogP contribution in [0, 0.1) is 38.0 Å². The molecule has 0 radical (unpaired) electrons. The van der Waals surface area contributed by atoms with E-state index in [0.717, 1.165) is 37.1 Å². The number of rotatable bonds is 3. The summed E-state index contributed by atoms with van der Waals surface area (Å²) in [7, 11) is 0. The molecule has 2 atom stereocenters. The van der Waals surface area contributed by atoms with Crippen LogP contribution in [0.25, 0.3) is 5.95 Å². The van der Waals surface area contributed by atoms with Crippen molar-refractivity contribution in [2.24, 2.45) is 5.92 Å². The minimum atomic E-state index is -0.444. The zero-order valence-electron chi connectivity index (χ0n) is 14.7. The van der Waals surface area contributed by atoms with Gasteiger partial charge in [0, 0.05) is 17.6 Å². The number of hydrogen-bond donors (Lipinski definition) is 0. The lowest BCUT2D eigenvalue weighted by Crippen LogP contribution is -2.29. The molecule has 0 saturated heterocycles. The van der Waals surface area contributed by atoms with Crippen molar-refractivity contribution in [1.29, 1.82) is 5.26 Å². The van der Waals surface area contributed by atoms with Crippen LogP contribution in [-0.2, 0) is 4.74 Å². The van der Waals surface area contributed by atoms with Crippen molar-refractivity contribution in [3.05, 3.63) is 34.9 Å². The fraction of sp³-hybridized carbons (Fsp3) is 0.500. The molecule has 7 nitrogen and oxygen atoms in total. The zero-order valence-corrected chi connectivity index (χ0v) is 14.7. The van der Waals surface area contributed by atoms with Gasteiger partial charge in [-0.3, -0.25) is 0 Å². The van der Waals surface area contributed by atoms with Gasteiger partial charge >= 0.3 is 5.97 Å². The summed E-state index contributed by atoms with van der Waals surface area (Å²) < 4.78 is 7.10. The Labute approximate surface area is 146 Å². The standard InChI is InChI=1S/C18H21N5O2/c1-11-8-12(2)21-18(20-11)23-10-15(13(3)22-23)17(24)25-16-7-5-4-6-14(16)9-19/h8,10,14,16H,4-7H2,1-3H3/t14-,16-/m0/s1. The van der Waals surface area contributed by atoms with Gasteiger partial charge in [0.25, 0.3) is 5.95 Å². The maximum absolute atomic E-state index is 12.5. The van der Waals surface area contributed by atoms with Gasteiger partial charge in [0.2, 0.25) is 0 Å². The van der Waals surface area contributed by atoms with Crippen LogP contribution >= 0.6 is 0 Å². The molecule has 0 amide bonds. The second-order valence-corrected chi connectivity index (χ2v) is 6.49. The highest BCUT2D eigenvalue weighted by Crippen LogP contribution is 2.27. The van der Waals surface area contributed by atoms with Crippen molar-refractivity contribution in [1.82, 2.24) is 19.7 Å². The van der Waals surface area contributed by atoms with Crippen molar-refractivity contribution >= 4 is 5.97 Å². The first-order valence-electron chi connectivity index (χ1n) is 8.47. The summed E-state index contributed by atoms with van der Waals surface area (Å²) in [5.74, 6) is -0.247. The van der Waals surface area contributed by atoms with Crippen molar-refractivity contribution in [2.75, 3.05) is 0 Å². The number of carbonyl (C=O) groups excluding carboxylic acids is 1. The lowest BCUT2D eigenvalue weighted by atomic mass is 9.87. The molecule has 0 unspecified atom stereocenters. The molecule has 130 valence electrons. The zero-order chi connectivity index (χ0) is 18.0. The van der Waals surface area contributed by atoms with Gasteiger partial charge in [-0.15, -0.1) is 0 Å². The summed E-state index contributed by atoms with van der Waals surface area (Å²) >= 11 is 0. The van der Waals surface area contributed by atoms with Gasteiger partial charge in [-0.1, -0.05) is 6.42 Å². The molecule has 0 aromatic carbocycles. The number of aryl methyl sites for hydroxylation is 3. The van der Waals surface area contributed by atoms with Gasteiger partial charge in [-0.05, 0) is 46.1 Å². The lowest BCUT2D eigenvalue weighted by molar-refractivity contribution is 0.0107. The molecular weight excluding hydrogens is 318 g/mol. The van der Waals surface area contributed by atoms with E-state index in [2.05, 4.69) is 21.1 Å². The summed E-state index contributed by atoms with van der Waals surface area (Å²) in [5.41, 5.74) is 2.60. The molecule has 1 aliphatic carbocycles. The lowest BCUT2D eigenvalue weighted by Gasteiger charge is -2.26.